The minimum absolute atomic E-state index is 0.0414. The second-order valence-corrected chi connectivity index (χ2v) is 10.9. The van der Waals surface area contributed by atoms with Gasteiger partial charge >= 0.3 is 7.82 Å². The van der Waals surface area contributed by atoms with Crippen molar-refractivity contribution in [2.75, 3.05) is 19.8 Å². The summed E-state index contributed by atoms with van der Waals surface area (Å²) in [7, 11) is -4.38. The van der Waals surface area contributed by atoms with Crippen LogP contribution in [0.2, 0.25) is 0 Å². The maximum absolute atomic E-state index is 12.5. The number of nitrogens with one attached hydrogen (secondary N) is 1. The zero-order valence-electron chi connectivity index (χ0n) is 23.5. The number of hydrogen-bond acceptors (Lipinski definition) is 7. The summed E-state index contributed by atoms with van der Waals surface area (Å²) in [5, 5.41) is 23.5. The molecule has 10 heteroatoms. The lowest BCUT2D eigenvalue weighted by Gasteiger charge is -2.24. The maximum Gasteiger partial charge on any atom is 0.472 e. The first-order chi connectivity index (χ1) is 18.3. The Morgan fingerprint density at radius 3 is 2.24 bits per heavy atom. The second kappa shape index (κ2) is 24.7. The Morgan fingerprint density at radius 1 is 0.895 bits per heavy atom. The van der Waals surface area contributed by atoms with Crippen LogP contribution in [0.5, 0.6) is 0 Å². The monoisotopic (exact) mass is 560 g/mol. The molecule has 0 aliphatic rings. The van der Waals surface area contributed by atoms with Crippen molar-refractivity contribution >= 4 is 13.7 Å². The zero-order valence-corrected chi connectivity index (χ0v) is 24.4. The summed E-state index contributed by atoms with van der Waals surface area (Å²) in [5.41, 5.74) is 5.29. The lowest BCUT2D eigenvalue weighted by Crippen LogP contribution is -2.46. The molecule has 0 aromatic rings. The molecule has 9 nitrogen and oxygen atoms in total. The van der Waals surface area contributed by atoms with Crippen molar-refractivity contribution in [3.8, 4) is 0 Å². The van der Waals surface area contributed by atoms with Gasteiger partial charge in [0.15, 0.2) is 0 Å². The molecule has 6 N–H and O–H groups in total. The number of amides is 1. The van der Waals surface area contributed by atoms with Crippen molar-refractivity contribution in [2.24, 2.45) is 5.73 Å². The molecule has 0 fully saturated rings. The number of aliphatic hydroxyl groups excluding tert-OH is 2. The van der Waals surface area contributed by atoms with Crippen LogP contribution in [0.4, 0.5) is 0 Å². The van der Waals surface area contributed by atoms with Crippen LogP contribution in [0.3, 0.4) is 0 Å². The minimum Gasteiger partial charge on any atom is -0.393 e. The number of phosphoric ester groups is 1. The fourth-order valence-electron chi connectivity index (χ4n) is 3.53. The van der Waals surface area contributed by atoms with Crippen molar-refractivity contribution in [1.29, 1.82) is 0 Å². The first-order valence-electron chi connectivity index (χ1n) is 14.2. The summed E-state index contributed by atoms with van der Waals surface area (Å²) in [6.45, 7) is 3.71. The van der Waals surface area contributed by atoms with Crippen molar-refractivity contribution < 1.29 is 33.5 Å². The van der Waals surface area contributed by atoms with Gasteiger partial charge in [0.05, 0.1) is 37.9 Å². The molecule has 0 saturated heterocycles. The third-order valence-corrected chi connectivity index (χ3v) is 6.71. The van der Waals surface area contributed by atoms with Crippen LogP contribution in [0.1, 0.15) is 97.3 Å². The van der Waals surface area contributed by atoms with E-state index in [1.54, 1.807) is 6.08 Å². The predicted octanol–water partition coefficient (Wildman–Crippen LogP) is 5.07. The molecule has 0 radical (unpaired) electrons. The fraction of sp³-hybridized carbons (Fsp3) is 0.750. The van der Waals surface area contributed by atoms with Crippen molar-refractivity contribution in [1.82, 2.24) is 5.32 Å². The van der Waals surface area contributed by atoms with Gasteiger partial charge in [-0.25, -0.2) is 4.57 Å². The van der Waals surface area contributed by atoms with Crippen LogP contribution in [0.25, 0.3) is 0 Å². The quantitative estimate of drug-likeness (QED) is 0.0590. The summed E-state index contributed by atoms with van der Waals surface area (Å²) in [6, 6.07) is -0.997. The summed E-state index contributed by atoms with van der Waals surface area (Å²) in [4.78, 5) is 22.3. The summed E-state index contributed by atoms with van der Waals surface area (Å²) >= 11 is 0. The highest BCUT2D eigenvalue weighted by Crippen LogP contribution is 2.43. The van der Waals surface area contributed by atoms with Gasteiger partial charge in [-0.15, -0.1) is 0 Å². The van der Waals surface area contributed by atoms with Crippen molar-refractivity contribution in [3.05, 3.63) is 36.5 Å². The Balaban J connectivity index is 4.68. The molecule has 222 valence electrons. The third-order valence-electron chi connectivity index (χ3n) is 5.72. The number of carbonyl (C=O) groups excluding carboxylic acids is 1. The molecule has 0 bridgehead atoms. The number of allylic oxidation sites excluding steroid dienone is 5. The topological polar surface area (TPSA) is 151 Å². The van der Waals surface area contributed by atoms with Crippen molar-refractivity contribution in [3.63, 3.8) is 0 Å². The molecule has 1 amide bonds. The standard InChI is InChI=1S/C28H53N2O7P/c1-3-5-7-9-11-12-14-15-17-19-25(31)23-28(33)30-26(24-37-38(34,35)36-22-21-29)27(32)20-18-16-13-10-8-6-4-2/h8-11,18,20,25-27,31-32H,3-7,12-17,19,21-24,29H2,1-2H3,(H,30,33)(H,34,35)/b10-8+,11-9-,20-18+. The number of nitrogens with two attached hydrogens (primary N) is 1. The van der Waals surface area contributed by atoms with Gasteiger partial charge < -0.3 is 26.2 Å². The number of rotatable bonds is 25. The molecule has 0 aliphatic carbocycles. The Labute approximate surface area is 230 Å². The minimum atomic E-state index is -4.38. The fourth-order valence-corrected chi connectivity index (χ4v) is 4.29. The smallest absolute Gasteiger partial charge is 0.393 e. The van der Waals surface area contributed by atoms with E-state index in [0.29, 0.717) is 12.8 Å². The summed E-state index contributed by atoms with van der Waals surface area (Å²) < 4.78 is 21.7. The van der Waals surface area contributed by atoms with Gasteiger partial charge in [0.25, 0.3) is 0 Å². The van der Waals surface area contributed by atoms with E-state index in [4.69, 9.17) is 14.8 Å². The second-order valence-electron chi connectivity index (χ2n) is 9.43. The van der Waals surface area contributed by atoms with Crippen molar-refractivity contribution in [2.45, 2.75) is 116 Å². The summed E-state index contributed by atoms with van der Waals surface area (Å²) in [5.74, 6) is -0.476. The first kappa shape index (κ1) is 36.7. The number of carbonyl (C=O) groups is 1. The molecular weight excluding hydrogens is 507 g/mol. The SMILES string of the molecule is CCC/C=C/CC/C=C/C(O)C(COP(=O)(O)OCCN)NC(=O)CC(O)CCCCC/C=C\CCCC. The van der Waals surface area contributed by atoms with Crippen LogP contribution >= 0.6 is 7.82 Å². The highest BCUT2D eigenvalue weighted by atomic mass is 31.2. The molecule has 38 heavy (non-hydrogen) atoms. The van der Waals surface area contributed by atoms with Gasteiger partial charge in [-0.1, -0.05) is 82.4 Å². The average Bonchev–Trinajstić information content (AvgIpc) is 2.88. The molecule has 0 spiro atoms. The number of hydrogen-bond donors (Lipinski definition) is 5. The number of unbranched alkanes of at least 4 members (excludes halogenated alkanes) is 7. The largest absolute Gasteiger partial charge is 0.472 e. The summed E-state index contributed by atoms with van der Waals surface area (Å²) in [6.07, 6.45) is 21.3. The lowest BCUT2D eigenvalue weighted by molar-refractivity contribution is -0.124. The van der Waals surface area contributed by atoms with Crippen LogP contribution in [0.15, 0.2) is 36.5 Å². The van der Waals surface area contributed by atoms with E-state index in [0.717, 1.165) is 51.4 Å². The molecular formula is C28H53N2O7P. The van der Waals surface area contributed by atoms with Crippen LogP contribution in [-0.2, 0) is 18.4 Å². The van der Waals surface area contributed by atoms with Crippen LogP contribution < -0.4 is 11.1 Å². The van der Waals surface area contributed by atoms with Crippen LogP contribution in [0, 0.1) is 0 Å². The van der Waals surface area contributed by atoms with Gasteiger partial charge in [0.1, 0.15) is 0 Å². The van der Waals surface area contributed by atoms with Gasteiger partial charge in [-0.2, -0.15) is 0 Å². The maximum atomic E-state index is 12.5. The van der Waals surface area contributed by atoms with Gasteiger partial charge in [-0.3, -0.25) is 13.8 Å². The average molecular weight is 561 g/mol. The Hall–Kier alpha value is -1.32. The van der Waals surface area contributed by atoms with E-state index < -0.39 is 38.6 Å². The molecule has 0 rings (SSSR count). The highest BCUT2D eigenvalue weighted by Gasteiger charge is 2.27. The molecule has 0 aromatic heterocycles. The number of phosphoric acid groups is 1. The third kappa shape index (κ3) is 22.6. The van der Waals surface area contributed by atoms with E-state index in [2.05, 4.69) is 43.5 Å². The van der Waals surface area contributed by atoms with E-state index in [-0.39, 0.29) is 19.6 Å². The highest BCUT2D eigenvalue weighted by molar-refractivity contribution is 7.47. The van der Waals surface area contributed by atoms with E-state index >= 15 is 0 Å². The Kier molecular flexibility index (Phi) is 23.8. The molecule has 0 heterocycles. The number of aliphatic hydroxyl groups is 2. The van der Waals surface area contributed by atoms with Crippen LogP contribution in [-0.4, -0.2) is 59.0 Å². The molecule has 0 saturated carbocycles. The lowest BCUT2D eigenvalue weighted by atomic mass is 10.1. The Morgan fingerprint density at radius 2 is 1.55 bits per heavy atom. The van der Waals surface area contributed by atoms with Gasteiger partial charge in [0, 0.05) is 6.54 Å². The predicted molar refractivity (Wildman–Crippen MR) is 154 cm³/mol. The van der Waals surface area contributed by atoms with E-state index in [1.807, 2.05) is 0 Å². The van der Waals surface area contributed by atoms with E-state index in [1.165, 1.54) is 18.9 Å². The van der Waals surface area contributed by atoms with Gasteiger partial charge in [-0.05, 0) is 44.9 Å². The van der Waals surface area contributed by atoms with Gasteiger partial charge in [0.2, 0.25) is 5.91 Å². The molecule has 4 atom stereocenters. The zero-order chi connectivity index (χ0) is 28.5. The molecule has 0 aliphatic heterocycles. The first-order valence-corrected chi connectivity index (χ1v) is 15.7. The molecule has 4 unspecified atom stereocenters. The normalized spacial score (nSPS) is 16.3. The Bertz CT molecular complexity index is 715. The van der Waals surface area contributed by atoms with E-state index in [9.17, 15) is 24.5 Å². The molecule has 0 aromatic carbocycles.